The zero-order valence-corrected chi connectivity index (χ0v) is 15.3. The van der Waals surface area contributed by atoms with Crippen LogP contribution in [-0.2, 0) is 0 Å². The summed E-state index contributed by atoms with van der Waals surface area (Å²) >= 11 is 0. The first-order valence-corrected chi connectivity index (χ1v) is 9.16. The van der Waals surface area contributed by atoms with Crippen molar-refractivity contribution in [2.75, 3.05) is 5.32 Å². The van der Waals surface area contributed by atoms with E-state index in [1.807, 2.05) is 60.7 Å². The van der Waals surface area contributed by atoms with Gasteiger partial charge in [0.05, 0.1) is 5.56 Å². The Bertz CT molecular complexity index is 1320. The molecule has 0 aliphatic heterocycles. The van der Waals surface area contributed by atoms with Gasteiger partial charge in [-0.3, -0.25) is 4.79 Å². The van der Waals surface area contributed by atoms with Crippen LogP contribution in [0.15, 0.2) is 89.3 Å². The maximum Gasteiger partial charge on any atom is 0.259 e. The fourth-order valence-corrected chi connectivity index (χ4v) is 3.32. The van der Waals surface area contributed by atoms with Crippen molar-refractivity contribution in [2.45, 2.75) is 0 Å². The average molecular weight is 380 g/mol. The van der Waals surface area contributed by atoms with Crippen molar-refractivity contribution in [3.8, 4) is 17.2 Å². The van der Waals surface area contributed by atoms with Gasteiger partial charge < -0.3 is 14.8 Å². The predicted molar refractivity (Wildman–Crippen MR) is 113 cm³/mol. The summed E-state index contributed by atoms with van der Waals surface area (Å²) in [6.07, 6.45) is 0. The van der Waals surface area contributed by atoms with Gasteiger partial charge in [-0.2, -0.15) is 0 Å². The topological polar surface area (TPSA) is 75.4 Å². The lowest BCUT2D eigenvalue weighted by atomic mass is 10.0. The second-order valence-corrected chi connectivity index (χ2v) is 6.74. The summed E-state index contributed by atoms with van der Waals surface area (Å²) in [4.78, 5) is 17.2. The van der Waals surface area contributed by atoms with Crippen LogP contribution in [0.2, 0.25) is 0 Å². The van der Waals surface area contributed by atoms with E-state index < -0.39 is 0 Å². The third kappa shape index (κ3) is 3.19. The number of nitrogens with one attached hydrogen (secondary N) is 1. The molecule has 0 fully saturated rings. The van der Waals surface area contributed by atoms with E-state index in [-0.39, 0.29) is 17.2 Å². The summed E-state index contributed by atoms with van der Waals surface area (Å²) in [6, 6.07) is 25.6. The highest BCUT2D eigenvalue weighted by Crippen LogP contribution is 2.31. The number of para-hydroxylation sites is 3. The second-order valence-electron chi connectivity index (χ2n) is 6.74. The van der Waals surface area contributed by atoms with Crippen LogP contribution in [0.25, 0.3) is 33.3 Å². The van der Waals surface area contributed by atoms with Crippen molar-refractivity contribution < 1.29 is 14.3 Å². The zero-order valence-electron chi connectivity index (χ0n) is 15.3. The van der Waals surface area contributed by atoms with Crippen LogP contribution >= 0.6 is 0 Å². The van der Waals surface area contributed by atoms with Crippen molar-refractivity contribution >= 4 is 33.5 Å². The largest absolute Gasteiger partial charge is 0.507 e. The molecule has 5 nitrogen and oxygen atoms in total. The first kappa shape index (κ1) is 17.0. The fourth-order valence-electron chi connectivity index (χ4n) is 3.32. The molecule has 29 heavy (non-hydrogen) atoms. The van der Waals surface area contributed by atoms with Gasteiger partial charge in [0.25, 0.3) is 5.91 Å². The van der Waals surface area contributed by atoms with Crippen LogP contribution in [0.5, 0.6) is 5.75 Å². The van der Waals surface area contributed by atoms with Crippen LogP contribution in [-0.4, -0.2) is 16.0 Å². The Balaban J connectivity index is 1.54. The van der Waals surface area contributed by atoms with Crippen LogP contribution in [0.4, 0.5) is 5.69 Å². The molecule has 5 heteroatoms. The molecule has 1 heterocycles. The van der Waals surface area contributed by atoms with Gasteiger partial charge in [-0.05, 0) is 59.3 Å². The van der Waals surface area contributed by atoms with Gasteiger partial charge in [0.2, 0.25) is 5.89 Å². The van der Waals surface area contributed by atoms with E-state index in [1.165, 1.54) is 0 Å². The van der Waals surface area contributed by atoms with Crippen molar-refractivity contribution in [2.24, 2.45) is 0 Å². The van der Waals surface area contributed by atoms with E-state index in [2.05, 4.69) is 10.3 Å². The Morgan fingerprint density at radius 2 is 1.66 bits per heavy atom. The molecule has 0 saturated carbocycles. The molecule has 4 aromatic carbocycles. The minimum Gasteiger partial charge on any atom is -0.507 e. The third-order valence-corrected chi connectivity index (χ3v) is 4.77. The quantitative estimate of drug-likeness (QED) is 0.427. The number of fused-ring (bicyclic) bond motifs is 2. The number of oxazole rings is 1. The summed E-state index contributed by atoms with van der Waals surface area (Å²) in [6.45, 7) is 0. The number of anilines is 1. The van der Waals surface area contributed by atoms with Crippen molar-refractivity contribution in [1.82, 2.24) is 4.98 Å². The molecule has 2 N–H and O–H groups in total. The molecule has 0 atom stereocenters. The number of phenolic OH excluding ortho intramolecular Hbond substituents is 1. The van der Waals surface area contributed by atoms with Gasteiger partial charge in [-0.1, -0.05) is 36.4 Å². The lowest BCUT2D eigenvalue weighted by molar-refractivity contribution is 0.102. The fraction of sp³-hybridized carbons (Fsp3) is 0. The molecular weight excluding hydrogens is 364 g/mol. The smallest absolute Gasteiger partial charge is 0.259 e. The normalized spacial score (nSPS) is 11.0. The number of carbonyl (C=O) groups excluding carboxylic acids is 1. The number of carbonyl (C=O) groups is 1. The van der Waals surface area contributed by atoms with E-state index in [0.717, 1.165) is 27.4 Å². The maximum absolute atomic E-state index is 12.6. The van der Waals surface area contributed by atoms with Crippen LogP contribution < -0.4 is 5.32 Å². The zero-order chi connectivity index (χ0) is 19.8. The Hall–Kier alpha value is -4.12. The molecule has 0 bridgehead atoms. The first-order valence-electron chi connectivity index (χ1n) is 9.16. The number of nitrogens with zero attached hydrogens (tertiary/aromatic N) is 1. The standard InChI is InChI=1S/C24H16N2O3/c27-21-14-15-10-11-16(24-26-20-8-4-5-9-22(20)29-24)12-17(15)13-19(21)23(28)25-18-6-2-1-3-7-18/h1-14,27H,(H,25,28). The maximum atomic E-state index is 12.6. The minimum absolute atomic E-state index is 0.0689. The molecule has 5 rings (SSSR count). The Morgan fingerprint density at radius 1 is 0.862 bits per heavy atom. The lowest BCUT2D eigenvalue weighted by Crippen LogP contribution is -2.12. The van der Waals surface area contributed by atoms with Gasteiger partial charge in [0, 0.05) is 11.3 Å². The Morgan fingerprint density at radius 3 is 2.48 bits per heavy atom. The monoisotopic (exact) mass is 380 g/mol. The number of hydrogen-bond acceptors (Lipinski definition) is 4. The molecule has 1 aromatic heterocycles. The molecular formula is C24H16N2O3. The molecule has 140 valence electrons. The number of benzene rings is 4. The summed E-state index contributed by atoms with van der Waals surface area (Å²) < 4.78 is 5.84. The Kier molecular flexibility index (Phi) is 3.99. The summed E-state index contributed by atoms with van der Waals surface area (Å²) in [5.41, 5.74) is 3.18. The summed E-state index contributed by atoms with van der Waals surface area (Å²) in [5, 5.41) is 14.8. The number of phenols is 1. The molecule has 1 amide bonds. The number of rotatable bonds is 3. The van der Waals surface area contributed by atoms with Crippen LogP contribution in [0.3, 0.4) is 0 Å². The van der Waals surface area contributed by atoms with E-state index in [9.17, 15) is 9.90 Å². The van der Waals surface area contributed by atoms with Gasteiger partial charge in [-0.15, -0.1) is 0 Å². The van der Waals surface area contributed by atoms with E-state index >= 15 is 0 Å². The van der Waals surface area contributed by atoms with Crippen molar-refractivity contribution in [3.63, 3.8) is 0 Å². The number of amides is 1. The van der Waals surface area contributed by atoms with Gasteiger partial charge in [-0.25, -0.2) is 4.98 Å². The van der Waals surface area contributed by atoms with E-state index in [4.69, 9.17) is 4.42 Å². The molecule has 0 unspecified atom stereocenters. The summed E-state index contributed by atoms with van der Waals surface area (Å²) in [7, 11) is 0. The summed E-state index contributed by atoms with van der Waals surface area (Å²) in [5.74, 6) is 0.0693. The molecule has 5 aromatic rings. The SMILES string of the molecule is O=C(Nc1ccccc1)c1cc2cc(-c3nc4ccccc4o3)ccc2cc1O. The molecule has 0 aliphatic rings. The molecule has 0 radical (unpaired) electrons. The number of hydrogen-bond donors (Lipinski definition) is 2. The highest BCUT2D eigenvalue weighted by atomic mass is 16.3. The minimum atomic E-state index is -0.372. The van der Waals surface area contributed by atoms with Gasteiger partial charge >= 0.3 is 0 Å². The van der Waals surface area contributed by atoms with Crippen LogP contribution in [0, 0.1) is 0 Å². The second kappa shape index (κ2) is 6.80. The predicted octanol–water partition coefficient (Wildman–Crippen LogP) is 5.61. The number of aromatic hydroxyl groups is 1. The van der Waals surface area contributed by atoms with Crippen molar-refractivity contribution in [3.05, 3.63) is 90.5 Å². The molecule has 0 saturated heterocycles. The number of aromatic nitrogens is 1. The van der Waals surface area contributed by atoms with Gasteiger partial charge in [0.15, 0.2) is 5.58 Å². The van der Waals surface area contributed by atoms with Crippen LogP contribution in [0.1, 0.15) is 10.4 Å². The average Bonchev–Trinajstić information content (AvgIpc) is 3.18. The first-order chi connectivity index (χ1) is 14.2. The Labute approximate surface area is 166 Å². The highest BCUT2D eigenvalue weighted by molar-refractivity contribution is 6.08. The molecule has 0 spiro atoms. The lowest BCUT2D eigenvalue weighted by Gasteiger charge is -2.09. The third-order valence-electron chi connectivity index (χ3n) is 4.77. The van der Waals surface area contributed by atoms with Gasteiger partial charge in [0.1, 0.15) is 11.3 Å². The van der Waals surface area contributed by atoms with Crippen molar-refractivity contribution in [1.29, 1.82) is 0 Å². The van der Waals surface area contributed by atoms with E-state index in [0.29, 0.717) is 11.6 Å². The van der Waals surface area contributed by atoms with E-state index in [1.54, 1.807) is 24.3 Å². The highest BCUT2D eigenvalue weighted by Gasteiger charge is 2.14. The molecule has 0 aliphatic carbocycles.